The molecule has 0 aromatic heterocycles. The zero-order valence-corrected chi connectivity index (χ0v) is 13.5. The van der Waals surface area contributed by atoms with Gasteiger partial charge in [0.15, 0.2) is 0 Å². The summed E-state index contributed by atoms with van der Waals surface area (Å²) in [7, 11) is -1.42. The molecule has 2 aromatic rings. The Kier molecular flexibility index (Phi) is 3.70. The van der Waals surface area contributed by atoms with E-state index in [0.29, 0.717) is 5.46 Å². The van der Waals surface area contributed by atoms with Gasteiger partial charge in [0.1, 0.15) is 0 Å². The number of fused-ring (bicyclic) bond motifs is 1. The Hall–Kier alpha value is -1.32. The first-order chi connectivity index (χ1) is 9.20. The summed E-state index contributed by atoms with van der Waals surface area (Å²) in [5.74, 6) is 0. The van der Waals surface area contributed by atoms with Crippen molar-refractivity contribution in [2.75, 3.05) is 0 Å². The highest BCUT2D eigenvalue weighted by molar-refractivity contribution is 6.60. The quantitative estimate of drug-likeness (QED) is 0.782. The van der Waals surface area contributed by atoms with Crippen molar-refractivity contribution in [1.29, 1.82) is 0 Å². The van der Waals surface area contributed by atoms with Crippen molar-refractivity contribution in [3.8, 4) is 0 Å². The molecule has 0 aliphatic heterocycles. The maximum Gasteiger partial charge on any atom is 0.488 e. The average Bonchev–Trinajstić information content (AvgIpc) is 2.37. The molecule has 0 atom stereocenters. The van der Waals surface area contributed by atoms with Crippen LogP contribution in [-0.2, 0) is 0 Å². The molecule has 0 bridgehead atoms. The van der Waals surface area contributed by atoms with Crippen molar-refractivity contribution in [3.63, 3.8) is 0 Å². The number of benzene rings is 2. The molecule has 2 aromatic carbocycles. The van der Waals surface area contributed by atoms with E-state index in [1.807, 2.05) is 13.8 Å². The van der Waals surface area contributed by atoms with Crippen LogP contribution in [0.5, 0.6) is 0 Å². The summed E-state index contributed by atoms with van der Waals surface area (Å²) in [6.07, 6.45) is 0. The molecule has 0 radical (unpaired) electrons. The van der Waals surface area contributed by atoms with E-state index in [0.717, 1.165) is 16.7 Å². The van der Waals surface area contributed by atoms with E-state index in [4.69, 9.17) is 0 Å². The standard InChI is InChI=1S/C17H23BO2/c1-8-9(2)11(4)16-14(7)17(18(19)20)13(6)12(5)15(16)10(8)3/h19-20H,1-7H3. The second-order valence-corrected chi connectivity index (χ2v) is 5.91. The molecule has 106 valence electrons. The fraction of sp³-hybridized carbons (Fsp3) is 0.412. The highest BCUT2D eigenvalue weighted by Crippen LogP contribution is 2.34. The van der Waals surface area contributed by atoms with Gasteiger partial charge in [-0.15, -0.1) is 0 Å². The Balaban J connectivity index is 3.17. The van der Waals surface area contributed by atoms with Crippen LogP contribution in [0.3, 0.4) is 0 Å². The summed E-state index contributed by atoms with van der Waals surface area (Å²) >= 11 is 0. The van der Waals surface area contributed by atoms with Gasteiger partial charge >= 0.3 is 7.12 Å². The van der Waals surface area contributed by atoms with Gasteiger partial charge in [-0.1, -0.05) is 0 Å². The predicted octanol–water partition coefficient (Wildman–Crippen LogP) is 2.68. The monoisotopic (exact) mass is 270 g/mol. The second-order valence-electron chi connectivity index (χ2n) is 5.91. The lowest BCUT2D eigenvalue weighted by Gasteiger charge is -2.22. The topological polar surface area (TPSA) is 40.5 Å². The molecule has 0 aliphatic rings. The fourth-order valence-electron chi connectivity index (χ4n) is 3.44. The van der Waals surface area contributed by atoms with E-state index in [-0.39, 0.29) is 0 Å². The van der Waals surface area contributed by atoms with Crippen molar-refractivity contribution in [3.05, 3.63) is 38.9 Å². The van der Waals surface area contributed by atoms with E-state index in [9.17, 15) is 10.0 Å². The van der Waals surface area contributed by atoms with Gasteiger partial charge in [-0.2, -0.15) is 0 Å². The summed E-state index contributed by atoms with van der Waals surface area (Å²) < 4.78 is 0. The lowest BCUT2D eigenvalue weighted by atomic mass is 9.70. The lowest BCUT2D eigenvalue weighted by Crippen LogP contribution is -2.35. The normalized spacial score (nSPS) is 11.2. The van der Waals surface area contributed by atoms with Gasteiger partial charge < -0.3 is 10.0 Å². The van der Waals surface area contributed by atoms with Crippen LogP contribution in [0.1, 0.15) is 38.9 Å². The maximum atomic E-state index is 9.71. The molecule has 0 unspecified atom stereocenters. The lowest BCUT2D eigenvalue weighted by molar-refractivity contribution is 0.425. The van der Waals surface area contributed by atoms with Crippen LogP contribution in [0.2, 0.25) is 0 Å². The average molecular weight is 270 g/mol. The summed E-state index contributed by atoms with van der Waals surface area (Å²) in [5, 5.41) is 21.9. The number of aryl methyl sites for hydroxylation is 4. The first-order valence-electron chi connectivity index (χ1n) is 7.06. The molecule has 0 heterocycles. The van der Waals surface area contributed by atoms with E-state index in [1.165, 1.54) is 33.0 Å². The Morgan fingerprint density at radius 1 is 0.500 bits per heavy atom. The molecule has 0 saturated heterocycles. The molecular formula is C17H23BO2. The van der Waals surface area contributed by atoms with Crippen LogP contribution >= 0.6 is 0 Å². The molecule has 0 saturated carbocycles. The SMILES string of the molecule is Cc1c(C)c(C)c2c(C)c(B(O)O)c(C)c(C)c2c1C. The van der Waals surface area contributed by atoms with Crippen LogP contribution < -0.4 is 5.46 Å². The van der Waals surface area contributed by atoms with Crippen LogP contribution in [-0.4, -0.2) is 17.2 Å². The highest BCUT2D eigenvalue weighted by Gasteiger charge is 2.23. The van der Waals surface area contributed by atoms with Crippen LogP contribution in [0.4, 0.5) is 0 Å². The number of hydrogen-bond donors (Lipinski definition) is 2. The zero-order chi connectivity index (χ0) is 15.4. The molecule has 3 heteroatoms. The van der Waals surface area contributed by atoms with Gasteiger partial charge in [0.2, 0.25) is 0 Å². The van der Waals surface area contributed by atoms with Gasteiger partial charge in [0.25, 0.3) is 0 Å². The van der Waals surface area contributed by atoms with Gasteiger partial charge in [0, 0.05) is 0 Å². The van der Waals surface area contributed by atoms with E-state index >= 15 is 0 Å². The van der Waals surface area contributed by atoms with E-state index < -0.39 is 7.12 Å². The molecule has 2 N–H and O–H groups in total. The molecule has 2 rings (SSSR count). The smallest absolute Gasteiger partial charge is 0.423 e. The van der Waals surface area contributed by atoms with Crippen molar-refractivity contribution in [2.24, 2.45) is 0 Å². The number of rotatable bonds is 1. The van der Waals surface area contributed by atoms with Crippen molar-refractivity contribution in [1.82, 2.24) is 0 Å². The Morgan fingerprint density at radius 3 is 1.25 bits per heavy atom. The zero-order valence-electron chi connectivity index (χ0n) is 13.5. The Morgan fingerprint density at radius 2 is 0.850 bits per heavy atom. The molecule has 0 fully saturated rings. The Bertz CT molecular complexity index is 715. The predicted molar refractivity (Wildman–Crippen MR) is 86.9 cm³/mol. The van der Waals surface area contributed by atoms with Gasteiger partial charge in [-0.05, 0) is 104 Å². The maximum absolute atomic E-state index is 9.71. The minimum Gasteiger partial charge on any atom is -0.423 e. The van der Waals surface area contributed by atoms with Crippen LogP contribution in [0, 0.1) is 48.5 Å². The third-order valence-corrected chi connectivity index (χ3v) is 5.07. The van der Waals surface area contributed by atoms with Crippen LogP contribution in [0.25, 0.3) is 10.8 Å². The van der Waals surface area contributed by atoms with E-state index in [2.05, 4.69) is 34.6 Å². The molecule has 20 heavy (non-hydrogen) atoms. The number of hydrogen-bond acceptors (Lipinski definition) is 2. The van der Waals surface area contributed by atoms with Crippen LogP contribution in [0.15, 0.2) is 0 Å². The third-order valence-electron chi connectivity index (χ3n) is 5.07. The van der Waals surface area contributed by atoms with E-state index in [1.54, 1.807) is 0 Å². The molecule has 2 nitrogen and oxygen atoms in total. The summed E-state index contributed by atoms with van der Waals surface area (Å²) in [5.41, 5.74) is 8.93. The molecule has 0 amide bonds. The van der Waals surface area contributed by atoms with Crippen molar-refractivity contribution >= 4 is 23.4 Å². The second kappa shape index (κ2) is 4.90. The first-order valence-corrected chi connectivity index (χ1v) is 7.06. The highest BCUT2D eigenvalue weighted by atomic mass is 16.4. The largest absolute Gasteiger partial charge is 0.488 e. The Labute approximate surface area is 121 Å². The third kappa shape index (κ3) is 1.88. The fourth-order valence-corrected chi connectivity index (χ4v) is 3.44. The molecule has 0 aliphatic carbocycles. The molecular weight excluding hydrogens is 247 g/mol. The summed E-state index contributed by atoms with van der Waals surface area (Å²) in [6.45, 7) is 14.6. The molecule has 0 spiro atoms. The minimum atomic E-state index is -1.42. The van der Waals surface area contributed by atoms with Crippen molar-refractivity contribution in [2.45, 2.75) is 48.5 Å². The summed E-state index contributed by atoms with van der Waals surface area (Å²) in [6, 6.07) is 0. The van der Waals surface area contributed by atoms with Gasteiger partial charge in [-0.3, -0.25) is 0 Å². The van der Waals surface area contributed by atoms with Gasteiger partial charge in [0.05, 0.1) is 0 Å². The van der Waals surface area contributed by atoms with Crippen molar-refractivity contribution < 1.29 is 10.0 Å². The minimum absolute atomic E-state index is 0.653. The first kappa shape index (κ1) is 15.1. The summed E-state index contributed by atoms with van der Waals surface area (Å²) in [4.78, 5) is 0. The van der Waals surface area contributed by atoms with Gasteiger partial charge in [-0.25, -0.2) is 0 Å².